The number of halogens is 2. The highest BCUT2D eigenvalue weighted by Crippen LogP contribution is 2.01. The molecule has 0 amide bonds. The molecule has 0 unspecified atom stereocenters. The van der Waals surface area contributed by atoms with Crippen molar-refractivity contribution in [2.24, 2.45) is 0 Å². The molecule has 92 valence electrons. The van der Waals surface area contributed by atoms with E-state index in [2.05, 4.69) is 16.9 Å². The van der Waals surface area contributed by atoms with Crippen molar-refractivity contribution in [1.82, 2.24) is 9.97 Å². The number of aliphatic carboxylic acids is 1. The zero-order chi connectivity index (χ0) is 12.6. The van der Waals surface area contributed by atoms with Gasteiger partial charge in [-0.2, -0.15) is 0 Å². The summed E-state index contributed by atoms with van der Waals surface area (Å²) in [7, 11) is 0. The first kappa shape index (κ1) is 15.3. The smallest absolute Gasteiger partial charge is 0.337 e. The minimum absolute atomic E-state index is 1.02. The normalized spacial score (nSPS) is 9.81. The van der Waals surface area contributed by atoms with E-state index in [-0.39, 0.29) is 0 Å². The molecular formula is C10H16Cl2N2O2. The fraction of sp³-hybridized carbons (Fsp3) is 0.600. The topological polar surface area (TPSA) is 66.0 Å². The van der Waals surface area contributed by atoms with Crippen LogP contribution in [0.1, 0.15) is 31.3 Å². The first-order valence-corrected chi connectivity index (χ1v) is 5.86. The molecular weight excluding hydrogens is 251 g/mol. The predicted molar refractivity (Wildman–Crippen MR) is 65.1 cm³/mol. The van der Waals surface area contributed by atoms with E-state index in [0.717, 1.165) is 12.2 Å². The molecule has 0 fully saturated rings. The van der Waals surface area contributed by atoms with E-state index in [1.165, 1.54) is 18.5 Å². The van der Waals surface area contributed by atoms with Crippen molar-refractivity contribution >= 4 is 29.2 Å². The second-order valence-corrected chi connectivity index (χ2v) is 4.32. The number of rotatable bonds is 4. The molecule has 0 aliphatic carbocycles. The fourth-order valence-electron chi connectivity index (χ4n) is 0.954. The maximum Gasteiger partial charge on any atom is 0.337 e. The predicted octanol–water partition coefficient (Wildman–Crippen LogP) is 2.94. The van der Waals surface area contributed by atoms with Crippen molar-refractivity contribution in [2.75, 3.05) is 0 Å². The maximum absolute atomic E-state index is 9.44. The van der Waals surface area contributed by atoms with Crippen LogP contribution in [0.15, 0.2) is 6.20 Å². The lowest BCUT2D eigenvalue weighted by molar-refractivity contribution is -0.135. The first-order chi connectivity index (χ1) is 7.47. The summed E-state index contributed by atoms with van der Waals surface area (Å²) in [6.45, 7) is 4.18. The largest absolute Gasteiger partial charge is 0.479 e. The number of aryl methyl sites for hydroxylation is 2. The van der Waals surface area contributed by atoms with Gasteiger partial charge in [-0.15, -0.1) is 0 Å². The standard InChI is InChI=1S/C8H14N2.C2H2Cl2O2/c1-3-4-5-8-6-9-7(2)10-8;3-1(4)2(5)6/h6H,3-5H2,1-2H3,(H,9,10);1H,(H,5,6). The van der Waals surface area contributed by atoms with Crippen LogP contribution in [0.3, 0.4) is 0 Å². The van der Waals surface area contributed by atoms with Crippen LogP contribution in [0, 0.1) is 6.92 Å². The molecule has 0 atom stereocenters. The third-order valence-electron chi connectivity index (χ3n) is 1.73. The van der Waals surface area contributed by atoms with Crippen LogP contribution in [0.4, 0.5) is 0 Å². The van der Waals surface area contributed by atoms with Crippen molar-refractivity contribution in [2.45, 2.75) is 37.9 Å². The Bertz CT molecular complexity index is 314. The Hall–Kier alpha value is -0.740. The highest BCUT2D eigenvalue weighted by atomic mass is 35.5. The summed E-state index contributed by atoms with van der Waals surface area (Å²) in [5.74, 6) is -0.190. The zero-order valence-electron chi connectivity index (χ0n) is 9.33. The average molecular weight is 267 g/mol. The summed E-state index contributed by atoms with van der Waals surface area (Å²) in [5.41, 5.74) is 1.19. The van der Waals surface area contributed by atoms with Gasteiger partial charge in [0.15, 0.2) is 0 Å². The van der Waals surface area contributed by atoms with Crippen LogP contribution in [0.2, 0.25) is 0 Å². The summed E-state index contributed by atoms with van der Waals surface area (Å²) in [5, 5.41) is 7.73. The molecule has 0 aromatic carbocycles. The SMILES string of the molecule is CCCCc1c[nH]c(C)n1.O=C(O)C(Cl)Cl. The van der Waals surface area contributed by atoms with Gasteiger partial charge in [-0.3, -0.25) is 0 Å². The second-order valence-electron chi connectivity index (χ2n) is 3.22. The molecule has 0 spiro atoms. The number of hydrogen-bond donors (Lipinski definition) is 2. The van der Waals surface area contributed by atoms with E-state index in [0.29, 0.717) is 0 Å². The van der Waals surface area contributed by atoms with E-state index >= 15 is 0 Å². The van der Waals surface area contributed by atoms with Crippen molar-refractivity contribution in [3.63, 3.8) is 0 Å². The molecule has 0 saturated carbocycles. The number of carboxylic acid groups (broad SMARTS) is 1. The van der Waals surface area contributed by atoms with E-state index in [1.54, 1.807) is 0 Å². The van der Waals surface area contributed by atoms with E-state index in [9.17, 15) is 4.79 Å². The molecule has 4 nitrogen and oxygen atoms in total. The molecule has 6 heteroatoms. The molecule has 0 saturated heterocycles. The minimum atomic E-state index is -1.29. The molecule has 1 aromatic rings. The number of H-pyrrole nitrogens is 1. The summed E-state index contributed by atoms with van der Waals surface area (Å²) in [6, 6.07) is 0. The van der Waals surface area contributed by atoms with Crippen molar-refractivity contribution in [3.05, 3.63) is 17.7 Å². The van der Waals surface area contributed by atoms with Gasteiger partial charge in [-0.05, 0) is 19.8 Å². The molecule has 0 radical (unpaired) electrons. The number of aromatic nitrogens is 2. The number of aromatic amines is 1. The van der Waals surface area contributed by atoms with Crippen LogP contribution < -0.4 is 0 Å². The lowest BCUT2D eigenvalue weighted by Gasteiger charge is -1.89. The Morgan fingerprint density at radius 2 is 2.19 bits per heavy atom. The molecule has 0 bridgehead atoms. The van der Waals surface area contributed by atoms with Gasteiger partial charge in [0.1, 0.15) is 5.82 Å². The van der Waals surface area contributed by atoms with E-state index in [4.69, 9.17) is 28.3 Å². The molecule has 0 aliphatic rings. The van der Waals surface area contributed by atoms with Gasteiger partial charge in [0.05, 0.1) is 5.69 Å². The van der Waals surface area contributed by atoms with Gasteiger partial charge < -0.3 is 10.1 Å². The molecule has 16 heavy (non-hydrogen) atoms. The molecule has 1 aromatic heterocycles. The third kappa shape index (κ3) is 7.54. The minimum Gasteiger partial charge on any atom is -0.479 e. The molecule has 0 aliphatic heterocycles. The average Bonchev–Trinajstić information content (AvgIpc) is 2.62. The number of alkyl halides is 2. The van der Waals surface area contributed by atoms with Crippen molar-refractivity contribution < 1.29 is 9.90 Å². The lowest BCUT2D eigenvalue weighted by atomic mass is 10.2. The van der Waals surface area contributed by atoms with Gasteiger partial charge in [-0.1, -0.05) is 36.5 Å². The quantitative estimate of drug-likeness (QED) is 0.824. The number of nitrogens with one attached hydrogen (secondary N) is 1. The van der Waals surface area contributed by atoms with Crippen LogP contribution in [-0.2, 0) is 11.2 Å². The highest BCUT2D eigenvalue weighted by molar-refractivity contribution is 6.52. The number of nitrogens with zero attached hydrogens (tertiary/aromatic N) is 1. The summed E-state index contributed by atoms with van der Waals surface area (Å²) in [6.07, 6.45) is 5.59. The number of hydrogen-bond acceptors (Lipinski definition) is 2. The van der Waals surface area contributed by atoms with Crippen molar-refractivity contribution in [1.29, 1.82) is 0 Å². The first-order valence-electron chi connectivity index (χ1n) is 4.99. The van der Waals surface area contributed by atoms with Crippen LogP contribution >= 0.6 is 23.2 Å². The third-order valence-corrected chi connectivity index (χ3v) is 2.11. The maximum atomic E-state index is 9.44. The number of carbonyl (C=O) groups is 1. The van der Waals surface area contributed by atoms with Gasteiger partial charge in [0, 0.05) is 6.20 Å². The number of imidazole rings is 1. The summed E-state index contributed by atoms with van der Waals surface area (Å²) >= 11 is 9.56. The monoisotopic (exact) mass is 266 g/mol. The Kier molecular flexibility index (Phi) is 8.03. The number of carboxylic acids is 1. The zero-order valence-corrected chi connectivity index (χ0v) is 10.8. The van der Waals surface area contributed by atoms with E-state index < -0.39 is 10.8 Å². The van der Waals surface area contributed by atoms with Crippen LogP contribution in [0.5, 0.6) is 0 Å². The Labute approximate surface area is 105 Å². The molecule has 1 rings (SSSR count). The fourth-order valence-corrected chi connectivity index (χ4v) is 0.954. The molecule has 2 N–H and O–H groups in total. The van der Waals surface area contributed by atoms with E-state index in [1.807, 2.05) is 13.1 Å². The number of unbranched alkanes of at least 4 members (excludes halogenated alkanes) is 1. The van der Waals surface area contributed by atoms with Crippen LogP contribution in [0.25, 0.3) is 0 Å². The molecule has 1 heterocycles. The summed E-state index contributed by atoms with van der Waals surface area (Å²) < 4.78 is 0. The van der Waals surface area contributed by atoms with Gasteiger partial charge in [-0.25, -0.2) is 9.78 Å². The van der Waals surface area contributed by atoms with Gasteiger partial charge in [0.25, 0.3) is 0 Å². The second kappa shape index (κ2) is 8.42. The van der Waals surface area contributed by atoms with Crippen molar-refractivity contribution in [3.8, 4) is 0 Å². The van der Waals surface area contributed by atoms with Crippen LogP contribution in [-0.4, -0.2) is 25.9 Å². The Balaban J connectivity index is 0.000000325. The van der Waals surface area contributed by atoms with Gasteiger partial charge in [0.2, 0.25) is 4.84 Å². The lowest BCUT2D eigenvalue weighted by Crippen LogP contribution is -2.03. The highest BCUT2D eigenvalue weighted by Gasteiger charge is 2.05. The Morgan fingerprint density at radius 1 is 1.62 bits per heavy atom. The summed E-state index contributed by atoms with van der Waals surface area (Å²) in [4.78, 5) is 15.5. The Morgan fingerprint density at radius 3 is 2.50 bits per heavy atom. The van der Waals surface area contributed by atoms with Gasteiger partial charge >= 0.3 is 5.97 Å².